The monoisotopic (exact) mass is 429 g/mol. The summed E-state index contributed by atoms with van der Waals surface area (Å²) in [4.78, 5) is 28.2. The van der Waals surface area contributed by atoms with Crippen molar-refractivity contribution in [3.05, 3.63) is 82.9 Å². The zero-order chi connectivity index (χ0) is 22.2. The van der Waals surface area contributed by atoms with Gasteiger partial charge in [-0.05, 0) is 34.9 Å². The third kappa shape index (κ3) is 3.51. The van der Waals surface area contributed by atoms with E-state index in [1.165, 1.54) is 7.11 Å². The van der Waals surface area contributed by atoms with Crippen LogP contribution in [0.25, 0.3) is 0 Å². The normalized spacial score (nSPS) is 16.9. The molecule has 1 unspecified atom stereocenters. The average Bonchev–Trinajstić information content (AvgIpc) is 2.90. The molecule has 0 radical (unpaired) electrons. The van der Waals surface area contributed by atoms with Crippen molar-refractivity contribution in [2.24, 2.45) is 0 Å². The molecule has 162 valence electrons. The number of hydrogen-bond acceptors (Lipinski definition) is 5. The number of carbonyl (C=O) groups excluding carboxylic acids is 2. The second kappa shape index (κ2) is 7.92. The Morgan fingerprint density at radius 3 is 2.62 bits per heavy atom. The molecular weight excluding hydrogens is 406 g/mol. The van der Waals surface area contributed by atoms with Crippen LogP contribution in [0.1, 0.15) is 27.0 Å². The molecule has 0 aromatic heterocycles. The number of methoxy groups -OCH3 is 1. The zero-order valence-electron chi connectivity index (χ0n) is 17.6. The lowest BCUT2D eigenvalue weighted by Gasteiger charge is -2.34. The first-order valence-electron chi connectivity index (χ1n) is 10.4. The van der Waals surface area contributed by atoms with Crippen molar-refractivity contribution in [2.75, 3.05) is 18.2 Å². The number of ether oxygens (including phenoxy) is 2. The number of carbonyl (C=O) groups is 2. The van der Waals surface area contributed by atoms with Crippen molar-refractivity contribution < 1.29 is 19.1 Å². The smallest absolute Gasteiger partial charge is 0.257 e. The van der Waals surface area contributed by atoms with Gasteiger partial charge in [0.1, 0.15) is 12.6 Å². The third-order valence-corrected chi connectivity index (χ3v) is 5.95. The molecule has 3 aromatic carbocycles. The minimum Gasteiger partial charge on any atom is -0.493 e. The molecule has 0 fully saturated rings. The maximum Gasteiger partial charge on any atom is 0.257 e. The largest absolute Gasteiger partial charge is 0.493 e. The number of rotatable bonds is 4. The number of anilines is 2. The predicted molar refractivity (Wildman–Crippen MR) is 121 cm³/mol. The van der Waals surface area contributed by atoms with Crippen LogP contribution in [-0.2, 0) is 24.4 Å². The summed E-state index contributed by atoms with van der Waals surface area (Å²) in [7, 11) is 1.53. The molecule has 2 amide bonds. The van der Waals surface area contributed by atoms with Crippen molar-refractivity contribution in [1.29, 1.82) is 0 Å². The molecule has 0 saturated heterocycles. The molecule has 32 heavy (non-hydrogen) atoms. The lowest BCUT2D eigenvalue weighted by molar-refractivity contribution is -0.120. The molecule has 0 saturated carbocycles. The second-order valence-corrected chi connectivity index (χ2v) is 7.99. The van der Waals surface area contributed by atoms with E-state index in [4.69, 9.17) is 15.2 Å². The summed E-state index contributed by atoms with van der Waals surface area (Å²) in [5, 5.41) is 2.92. The van der Waals surface area contributed by atoms with Gasteiger partial charge in [0.05, 0.1) is 18.4 Å². The molecule has 0 aliphatic carbocycles. The van der Waals surface area contributed by atoms with Gasteiger partial charge in [-0.15, -0.1) is 0 Å². The zero-order valence-corrected chi connectivity index (χ0v) is 17.6. The van der Waals surface area contributed by atoms with Gasteiger partial charge in [-0.25, -0.2) is 0 Å². The average molecular weight is 429 g/mol. The Morgan fingerprint density at radius 2 is 1.84 bits per heavy atom. The molecule has 2 heterocycles. The van der Waals surface area contributed by atoms with Crippen molar-refractivity contribution >= 4 is 23.2 Å². The van der Waals surface area contributed by atoms with Crippen molar-refractivity contribution in [3.63, 3.8) is 0 Å². The van der Waals surface area contributed by atoms with Crippen LogP contribution < -0.4 is 20.5 Å². The van der Waals surface area contributed by atoms with Crippen LogP contribution in [0.5, 0.6) is 11.5 Å². The maximum absolute atomic E-state index is 13.5. The van der Waals surface area contributed by atoms with E-state index in [2.05, 4.69) is 5.32 Å². The van der Waals surface area contributed by atoms with Crippen LogP contribution in [0.15, 0.2) is 60.7 Å². The topological polar surface area (TPSA) is 93.9 Å². The molecule has 5 rings (SSSR count). The molecule has 7 nitrogen and oxygen atoms in total. The van der Waals surface area contributed by atoms with Gasteiger partial charge in [-0.1, -0.05) is 36.4 Å². The van der Waals surface area contributed by atoms with Crippen molar-refractivity contribution in [1.82, 2.24) is 4.90 Å². The van der Waals surface area contributed by atoms with E-state index in [9.17, 15) is 9.59 Å². The lowest BCUT2D eigenvalue weighted by atomic mass is 9.93. The molecule has 1 atom stereocenters. The summed E-state index contributed by atoms with van der Waals surface area (Å²) in [6.07, 6.45) is 0.440. The van der Waals surface area contributed by atoms with E-state index in [1.54, 1.807) is 17.0 Å². The highest BCUT2D eigenvalue weighted by molar-refractivity contribution is 6.10. The van der Waals surface area contributed by atoms with E-state index in [1.807, 2.05) is 48.5 Å². The highest BCUT2D eigenvalue weighted by atomic mass is 16.5. The Hall–Kier alpha value is -4.00. The first kappa shape index (κ1) is 19.9. The molecule has 2 aliphatic rings. The van der Waals surface area contributed by atoms with Crippen LogP contribution in [0, 0.1) is 0 Å². The number of nitrogen functional groups attached to an aromatic ring is 1. The summed E-state index contributed by atoms with van der Waals surface area (Å²) in [6, 6.07) is 18.1. The van der Waals surface area contributed by atoms with Gasteiger partial charge in [-0.2, -0.15) is 0 Å². The Bertz CT molecular complexity index is 1210. The first-order chi connectivity index (χ1) is 15.5. The lowest BCUT2D eigenvalue weighted by Crippen LogP contribution is -2.48. The summed E-state index contributed by atoms with van der Waals surface area (Å²) in [5.74, 6) is 0.435. The van der Waals surface area contributed by atoms with E-state index in [0.29, 0.717) is 48.0 Å². The molecule has 2 aliphatic heterocycles. The molecule has 0 bridgehead atoms. The minimum atomic E-state index is -0.592. The van der Waals surface area contributed by atoms with E-state index in [-0.39, 0.29) is 11.8 Å². The van der Waals surface area contributed by atoms with Gasteiger partial charge in [0.2, 0.25) is 5.91 Å². The highest BCUT2D eigenvalue weighted by Gasteiger charge is 2.39. The van der Waals surface area contributed by atoms with Crippen LogP contribution in [-0.4, -0.2) is 29.9 Å². The number of fused-ring (bicyclic) bond motifs is 3. The Morgan fingerprint density at radius 1 is 1.03 bits per heavy atom. The first-order valence-corrected chi connectivity index (χ1v) is 10.4. The Labute approximate surface area is 185 Å². The van der Waals surface area contributed by atoms with Gasteiger partial charge < -0.3 is 25.4 Å². The highest BCUT2D eigenvalue weighted by Crippen LogP contribution is 2.38. The number of nitrogens with one attached hydrogen (secondary N) is 1. The van der Waals surface area contributed by atoms with E-state index in [0.717, 1.165) is 16.7 Å². The second-order valence-electron chi connectivity index (χ2n) is 7.99. The summed E-state index contributed by atoms with van der Waals surface area (Å²) in [6.45, 7) is 0.661. The molecular formula is C25H23N3O4. The number of nitrogens with zero attached hydrogens (tertiary/aromatic N) is 1. The van der Waals surface area contributed by atoms with Crippen LogP contribution >= 0.6 is 0 Å². The Kier molecular flexibility index (Phi) is 4.93. The number of nitrogens with two attached hydrogens (primary N) is 1. The summed E-state index contributed by atoms with van der Waals surface area (Å²) < 4.78 is 11.5. The van der Waals surface area contributed by atoms with Gasteiger partial charge in [0.15, 0.2) is 11.5 Å². The number of benzene rings is 3. The molecule has 0 spiro atoms. The fourth-order valence-corrected chi connectivity index (χ4v) is 4.27. The SMILES string of the molecule is COc1cc2c(cc1OCc1ccccc1)NC(=O)C1Cc3ccc(N)cc3CN1C2=O. The standard InChI is InChI=1S/C25H23N3O4/c1-31-22-11-19-20(12-23(22)32-14-15-5-3-2-4-6-15)27-24(29)21-10-16-7-8-18(26)9-17(16)13-28(21)25(19)30/h2-9,11-12,21H,10,13-14,26H2,1H3,(H,27,29). The fraction of sp³-hybridized carbons (Fsp3) is 0.200. The van der Waals surface area contributed by atoms with Gasteiger partial charge >= 0.3 is 0 Å². The molecule has 3 aromatic rings. The van der Waals surface area contributed by atoms with E-state index >= 15 is 0 Å². The quantitative estimate of drug-likeness (QED) is 0.620. The minimum absolute atomic E-state index is 0.223. The van der Waals surface area contributed by atoms with Crippen molar-refractivity contribution in [3.8, 4) is 11.5 Å². The summed E-state index contributed by atoms with van der Waals surface area (Å²) in [5.41, 5.74) is 10.3. The van der Waals surface area contributed by atoms with Gasteiger partial charge in [0.25, 0.3) is 5.91 Å². The maximum atomic E-state index is 13.5. The van der Waals surface area contributed by atoms with Crippen LogP contribution in [0.4, 0.5) is 11.4 Å². The fourth-order valence-electron chi connectivity index (χ4n) is 4.27. The predicted octanol–water partition coefficient (Wildman–Crippen LogP) is 3.38. The summed E-state index contributed by atoms with van der Waals surface area (Å²) >= 11 is 0. The van der Waals surface area contributed by atoms with Gasteiger partial charge in [-0.3, -0.25) is 9.59 Å². The molecule has 7 heteroatoms. The van der Waals surface area contributed by atoms with E-state index < -0.39 is 6.04 Å². The third-order valence-electron chi connectivity index (χ3n) is 5.95. The Balaban J connectivity index is 1.49. The van der Waals surface area contributed by atoms with Crippen LogP contribution in [0.3, 0.4) is 0 Å². The van der Waals surface area contributed by atoms with Gasteiger partial charge in [0, 0.05) is 24.7 Å². The van der Waals surface area contributed by atoms with Crippen LogP contribution in [0.2, 0.25) is 0 Å². The number of hydrogen-bond donors (Lipinski definition) is 2. The van der Waals surface area contributed by atoms with Crippen molar-refractivity contribution in [2.45, 2.75) is 25.6 Å². The number of amides is 2. The molecule has 3 N–H and O–H groups in total.